The van der Waals surface area contributed by atoms with Gasteiger partial charge in [-0.1, -0.05) is 15.9 Å². The molecule has 1 amide bonds. The predicted molar refractivity (Wildman–Crippen MR) is 111 cm³/mol. The smallest absolute Gasteiger partial charge is 0.471 e. The highest BCUT2D eigenvalue weighted by Crippen LogP contribution is 2.32. The Labute approximate surface area is 182 Å². The van der Waals surface area contributed by atoms with Crippen molar-refractivity contribution in [2.24, 2.45) is 0 Å². The van der Waals surface area contributed by atoms with Crippen molar-refractivity contribution < 1.29 is 27.1 Å². The number of carbonyl (C=O) groups excluding carboxylic acids is 1. The van der Waals surface area contributed by atoms with E-state index >= 15 is 0 Å². The molecule has 0 aliphatic rings. The summed E-state index contributed by atoms with van der Waals surface area (Å²) in [5.74, 6) is -1.88. The molecule has 2 aromatic carbocycles. The summed E-state index contributed by atoms with van der Waals surface area (Å²) in [6.07, 6.45) is -3.50. The topological polar surface area (TPSA) is 102 Å². The lowest BCUT2D eigenvalue weighted by Crippen LogP contribution is -2.37. The summed E-state index contributed by atoms with van der Waals surface area (Å²) in [5.41, 5.74) is 6.92. The third-order valence-corrected chi connectivity index (χ3v) is 4.57. The number of aromatic nitrogens is 2. The van der Waals surface area contributed by atoms with Gasteiger partial charge in [0.05, 0.1) is 23.5 Å². The monoisotopic (exact) mass is 501 g/mol. The van der Waals surface area contributed by atoms with Crippen molar-refractivity contribution in [2.75, 3.05) is 24.2 Å². The van der Waals surface area contributed by atoms with Crippen LogP contribution >= 0.6 is 15.9 Å². The van der Waals surface area contributed by atoms with Crippen LogP contribution in [0.15, 0.2) is 41.1 Å². The van der Waals surface area contributed by atoms with E-state index in [1.54, 1.807) is 29.6 Å². The fourth-order valence-electron chi connectivity index (χ4n) is 2.60. The number of nitrogens with zero attached hydrogens (tertiary/aromatic N) is 2. The second-order valence-corrected chi connectivity index (χ2v) is 7.25. The molecule has 7 nitrogen and oxygen atoms in total. The predicted octanol–water partition coefficient (Wildman–Crippen LogP) is 4.30. The van der Waals surface area contributed by atoms with E-state index in [0.717, 1.165) is 0 Å². The van der Waals surface area contributed by atoms with E-state index in [4.69, 9.17) is 10.5 Å². The maximum atomic E-state index is 14.1. The van der Waals surface area contributed by atoms with Gasteiger partial charge in [0.2, 0.25) is 0 Å². The van der Waals surface area contributed by atoms with Crippen molar-refractivity contribution in [3.05, 3.63) is 46.9 Å². The molecule has 3 aromatic rings. The van der Waals surface area contributed by atoms with Gasteiger partial charge in [0, 0.05) is 22.5 Å². The summed E-state index contributed by atoms with van der Waals surface area (Å²) in [4.78, 5) is 19.0. The first-order chi connectivity index (χ1) is 14.6. The molecule has 3 rings (SSSR count). The Balaban J connectivity index is 1.69. The van der Waals surface area contributed by atoms with Gasteiger partial charge in [0.15, 0.2) is 0 Å². The summed E-state index contributed by atoms with van der Waals surface area (Å²) in [6, 6.07) is 7.63. The van der Waals surface area contributed by atoms with Crippen molar-refractivity contribution in [2.45, 2.75) is 12.6 Å². The molecule has 0 unspecified atom stereocenters. The van der Waals surface area contributed by atoms with E-state index in [1.807, 2.05) is 0 Å². The van der Waals surface area contributed by atoms with Crippen LogP contribution in [0, 0.1) is 5.82 Å². The van der Waals surface area contributed by atoms with E-state index in [0.29, 0.717) is 21.2 Å². The normalized spacial score (nSPS) is 11.4. The SMILES string of the molecule is Nc1cc2c(Nc3ccc(Br)cc3F)ncnc2cc1OCCCNC(=O)C(F)(F)F. The van der Waals surface area contributed by atoms with Crippen LogP contribution in [-0.4, -0.2) is 35.2 Å². The maximum absolute atomic E-state index is 14.1. The Morgan fingerprint density at radius 3 is 2.68 bits per heavy atom. The number of benzene rings is 2. The van der Waals surface area contributed by atoms with E-state index in [9.17, 15) is 22.4 Å². The number of halogens is 5. The van der Waals surface area contributed by atoms with Gasteiger partial charge in [0.25, 0.3) is 0 Å². The van der Waals surface area contributed by atoms with Crippen molar-refractivity contribution in [1.29, 1.82) is 0 Å². The number of nitrogens with one attached hydrogen (secondary N) is 2. The minimum atomic E-state index is -4.92. The third kappa shape index (κ3) is 5.72. The molecule has 12 heteroatoms. The number of rotatable bonds is 7. The maximum Gasteiger partial charge on any atom is 0.471 e. The quantitative estimate of drug-likeness (QED) is 0.253. The highest BCUT2D eigenvalue weighted by atomic mass is 79.9. The third-order valence-electron chi connectivity index (χ3n) is 4.07. The molecule has 0 radical (unpaired) electrons. The number of alkyl halides is 3. The number of nitrogen functional groups attached to an aromatic ring is 1. The fraction of sp³-hybridized carbons (Fsp3) is 0.211. The molecule has 164 valence electrons. The van der Waals surface area contributed by atoms with Crippen LogP contribution in [0.5, 0.6) is 5.75 Å². The van der Waals surface area contributed by atoms with Gasteiger partial charge < -0.3 is 21.1 Å². The van der Waals surface area contributed by atoms with Crippen LogP contribution in [0.25, 0.3) is 10.9 Å². The lowest BCUT2D eigenvalue weighted by Gasteiger charge is -2.13. The van der Waals surface area contributed by atoms with E-state index in [-0.39, 0.29) is 36.7 Å². The first kappa shape index (κ1) is 22.5. The van der Waals surface area contributed by atoms with Crippen molar-refractivity contribution >= 4 is 49.9 Å². The summed E-state index contributed by atoms with van der Waals surface area (Å²) in [5, 5.41) is 5.17. The van der Waals surface area contributed by atoms with Gasteiger partial charge in [-0.15, -0.1) is 0 Å². The average molecular weight is 502 g/mol. The number of amides is 1. The Bertz CT molecular complexity index is 1110. The van der Waals surface area contributed by atoms with Gasteiger partial charge in [-0.05, 0) is 30.7 Å². The van der Waals surface area contributed by atoms with Crippen LogP contribution in [0.2, 0.25) is 0 Å². The molecule has 4 N–H and O–H groups in total. The van der Waals surface area contributed by atoms with Crippen LogP contribution in [-0.2, 0) is 4.79 Å². The Morgan fingerprint density at radius 2 is 1.97 bits per heavy atom. The molecule has 0 spiro atoms. The van der Waals surface area contributed by atoms with Crippen LogP contribution in [0.4, 0.5) is 34.8 Å². The zero-order valence-electron chi connectivity index (χ0n) is 15.8. The van der Waals surface area contributed by atoms with Gasteiger partial charge in [-0.25, -0.2) is 14.4 Å². The number of nitrogens with two attached hydrogens (primary N) is 1. The van der Waals surface area contributed by atoms with E-state index in [1.165, 1.54) is 12.4 Å². The Hall–Kier alpha value is -3.15. The van der Waals surface area contributed by atoms with Crippen LogP contribution in [0.3, 0.4) is 0 Å². The highest BCUT2D eigenvalue weighted by Gasteiger charge is 2.38. The molecule has 0 fully saturated rings. The van der Waals surface area contributed by atoms with E-state index in [2.05, 4.69) is 31.2 Å². The fourth-order valence-corrected chi connectivity index (χ4v) is 2.93. The molecule has 1 heterocycles. The van der Waals surface area contributed by atoms with Gasteiger partial charge in [0.1, 0.15) is 23.7 Å². The van der Waals surface area contributed by atoms with Gasteiger partial charge in [-0.2, -0.15) is 13.2 Å². The average Bonchev–Trinajstić information content (AvgIpc) is 2.69. The molecular weight excluding hydrogens is 486 g/mol. The number of anilines is 3. The van der Waals surface area contributed by atoms with Gasteiger partial charge in [-0.3, -0.25) is 4.79 Å². The molecule has 1 aromatic heterocycles. The summed E-state index contributed by atoms with van der Waals surface area (Å²) in [7, 11) is 0. The number of carbonyl (C=O) groups is 1. The Kier molecular flexibility index (Phi) is 6.78. The second kappa shape index (κ2) is 9.33. The zero-order chi connectivity index (χ0) is 22.6. The molecule has 0 saturated carbocycles. The minimum absolute atomic E-state index is 0.0220. The lowest BCUT2D eigenvalue weighted by atomic mass is 10.2. The molecule has 0 saturated heterocycles. The van der Waals surface area contributed by atoms with Crippen LogP contribution < -0.4 is 21.1 Å². The van der Waals surface area contributed by atoms with E-state index < -0.39 is 17.9 Å². The first-order valence-electron chi connectivity index (χ1n) is 8.89. The molecule has 31 heavy (non-hydrogen) atoms. The molecule has 0 atom stereocenters. The molecule has 0 bridgehead atoms. The van der Waals surface area contributed by atoms with Crippen molar-refractivity contribution in [3.8, 4) is 5.75 Å². The zero-order valence-corrected chi connectivity index (χ0v) is 17.3. The summed E-state index contributed by atoms with van der Waals surface area (Å²) < 4.78 is 56.6. The number of hydrogen-bond acceptors (Lipinski definition) is 6. The lowest BCUT2D eigenvalue weighted by molar-refractivity contribution is -0.173. The largest absolute Gasteiger partial charge is 0.491 e. The Morgan fingerprint density at radius 1 is 1.19 bits per heavy atom. The number of hydrogen-bond donors (Lipinski definition) is 3. The van der Waals surface area contributed by atoms with Gasteiger partial charge >= 0.3 is 12.1 Å². The van der Waals surface area contributed by atoms with Crippen molar-refractivity contribution in [3.63, 3.8) is 0 Å². The molecule has 0 aliphatic carbocycles. The first-order valence-corrected chi connectivity index (χ1v) is 9.68. The van der Waals surface area contributed by atoms with Crippen molar-refractivity contribution in [1.82, 2.24) is 15.3 Å². The molecule has 0 aliphatic heterocycles. The number of fused-ring (bicyclic) bond motifs is 1. The summed E-state index contributed by atoms with van der Waals surface area (Å²) in [6.45, 7) is -0.186. The molecular formula is C19H16BrF4N5O2. The number of ether oxygens (including phenoxy) is 1. The van der Waals surface area contributed by atoms with Crippen LogP contribution in [0.1, 0.15) is 6.42 Å². The standard InChI is InChI=1S/C19H16BrF4N5O2/c20-10-2-3-14(12(21)6-10)29-17-11-7-13(25)16(8-15(11)27-9-28-17)31-5-1-4-26-18(30)19(22,23)24/h2-3,6-9H,1,4-5,25H2,(H,26,30)(H,27,28,29). The highest BCUT2D eigenvalue weighted by molar-refractivity contribution is 9.10. The minimum Gasteiger partial charge on any atom is -0.491 e. The summed E-state index contributed by atoms with van der Waals surface area (Å²) >= 11 is 3.19. The second-order valence-electron chi connectivity index (χ2n) is 6.33.